The van der Waals surface area contributed by atoms with Crippen molar-refractivity contribution in [2.75, 3.05) is 18.8 Å². The number of hydrogen-bond donors (Lipinski definition) is 2. The molecular formula is C16H22N4O. The topological polar surface area (TPSA) is 86.2 Å². The van der Waals surface area contributed by atoms with Crippen molar-refractivity contribution in [3.63, 3.8) is 0 Å². The van der Waals surface area contributed by atoms with E-state index in [0.717, 1.165) is 50.9 Å². The Hall–Kier alpha value is -1.64. The summed E-state index contributed by atoms with van der Waals surface area (Å²) in [5.74, 6) is 0. The molecule has 1 unspecified atom stereocenters. The SMILES string of the molecule is N#C[C@]1(c2ccc(N)cn2)CC[C@H](N2CCC(O)C2)CC1. The van der Waals surface area contributed by atoms with Gasteiger partial charge in [0.2, 0.25) is 0 Å². The third-order valence-electron chi connectivity index (χ3n) is 5.01. The Morgan fingerprint density at radius 2 is 2.10 bits per heavy atom. The molecule has 0 spiro atoms. The fourth-order valence-corrected chi connectivity index (χ4v) is 3.67. The number of likely N-dealkylation sites (tertiary alicyclic amines) is 1. The summed E-state index contributed by atoms with van der Waals surface area (Å²) in [5.41, 5.74) is 6.69. The summed E-state index contributed by atoms with van der Waals surface area (Å²) in [6.07, 6.45) is 5.98. The van der Waals surface area contributed by atoms with Gasteiger partial charge in [0.25, 0.3) is 0 Å². The van der Waals surface area contributed by atoms with Crippen LogP contribution in [0.3, 0.4) is 0 Å². The first kappa shape index (κ1) is 14.3. The fourth-order valence-electron chi connectivity index (χ4n) is 3.67. The molecular weight excluding hydrogens is 264 g/mol. The van der Waals surface area contributed by atoms with Gasteiger partial charge in [-0.2, -0.15) is 5.26 Å². The minimum Gasteiger partial charge on any atom is -0.397 e. The van der Waals surface area contributed by atoms with Crippen LogP contribution in [-0.2, 0) is 5.41 Å². The maximum Gasteiger partial charge on any atom is 0.0994 e. The van der Waals surface area contributed by atoms with Gasteiger partial charge in [-0.05, 0) is 44.2 Å². The van der Waals surface area contributed by atoms with E-state index in [2.05, 4.69) is 16.0 Å². The van der Waals surface area contributed by atoms with Gasteiger partial charge < -0.3 is 10.8 Å². The summed E-state index contributed by atoms with van der Waals surface area (Å²) in [5, 5.41) is 19.4. The third kappa shape index (κ3) is 2.74. The molecule has 1 saturated carbocycles. The van der Waals surface area contributed by atoms with Crippen molar-refractivity contribution in [1.82, 2.24) is 9.88 Å². The quantitative estimate of drug-likeness (QED) is 0.859. The van der Waals surface area contributed by atoms with Crippen molar-refractivity contribution in [3.05, 3.63) is 24.0 Å². The number of rotatable bonds is 2. The van der Waals surface area contributed by atoms with Crippen LogP contribution in [0.4, 0.5) is 5.69 Å². The number of aliphatic hydroxyl groups is 1. The van der Waals surface area contributed by atoms with Gasteiger partial charge in [-0.15, -0.1) is 0 Å². The smallest absolute Gasteiger partial charge is 0.0994 e. The summed E-state index contributed by atoms with van der Waals surface area (Å²) in [6.45, 7) is 1.76. The number of nitriles is 1. The number of pyridine rings is 1. The van der Waals surface area contributed by atoms with Crippen LogP contribution in [-0.4, -0.2) is 40.2 Å². The molecule has 1 aliphatic heterocycles. The second-order valence-electron chi connectivity index (χ2n) is 6.34. The zero-order valence-corrected chi connectivity index (χ0v) is 12.2. The highest BCUT2D eigenvalue weighted by Crippen LogP contribution is 2.40. The van der Waals surface area contributed by atoms with Crippen LogP contribution in [0.25, 0.3) is 0 Å². The lowest BCUT2D eigenvalue weighted by Crippen LogP contribution is -2.41. The van der Waals surface area contributed by atoms with Gasteiger partial charge >= 0.3 is 0 Å². The van der Waals surface area contributed by atoms with E-state index in [-0.39, 0.29) is 6.10 Å². The second-order valence-corrected chi connectivity index (χ2v) is 6.34. The molecule has 2 fully saturated rings. The normalized spacial score (nSPS) is 33.7. The van der Waals surface area contributed by atoms with Crippen molar-refractivity contribution in [2.24, 2.45) is 0 Å². The summed E-state index contributed by atoms with van der Waals surface area (Å²) in [7, 11) is 0. The number of nitrogen functional groups attached to an aromatic ring is 1. The van der Waals surface area contributed by atoms with E-state index < -0.39 is 5.41 Å². The van der Waals surface area contributed by atoms with Crippen molar-refractivity contribution in [2.45, 2.75) is 49.7 Å². The minimum atomic E-state index is -0.470. The molecule has 2 aliphatic rings. The van der Waals surface area contributed by atoms with Crippen molar-refractivity contribution < 1.29 is 5.11 Å². The van der Waals surface area contributed by atoms with E-state index >= 15 is 0 Å². The van der Waals surface area contributed by atoms with Gasteiger partial charge in [-0.1, -0.05) is 0 Å². The van der Waals surface area contributed by atoms with E-state index in [1.165, 1.54) is 0 Å². The van der Waals surface area contributed by atoms with Gasteiger partial charge in [-0.3, -0.25) is 9.88 Å². The Balaban J connectivity index is 1.70. The maximum atomic E-state index is 9.68. The standard InChI is InChI=1S/C16H22N4O/c17-11-16(15-2-1-12(18)9-19-15)6-3-13(4-7-16)20-8-5-14(21)10-20/h1-2,9,13-14,21H,3-8,10,18H2/t13-,14?,16-. The molecule has 1 aromatic heterocycles. The highest BCUT2D eigenvalue weighted by Gasteiger charge is 2.40. The van der Waals surface area contributed by atoms with Crippen LogP contribution in [0.5, 0.6) is 0 Å². The van der Waals surface area contributed by atoms with E-state index in [1.54, 1.807) is 6.20 Å². The van der Waals surface area contributed by atoms with Crippen LogP contribution < -0.4 is 5.73 Å². The molecule has 3 N–H and O–H groups in total. The third-order valence-corrected chi connectivity index (χ3v) is 5.01. The van der Waals surface area contributed by atoms with Gasteiger partial charge in [0.05, 0.1) is 35.2 Å². The summed E-state index contributed by atoms with van der Waals surface area (Å²) in [4.78, 5) is 6.76. The molecule has 0 radical (unpaired) electrons. The Morgan fingerprint density at radius 3 is 2.62 bits per heavy atom. The number of nitrogens with two attached hydrogens (primary N) is 1. The predicted octanol–water partition coefficient (Wildman–Crippen LogP) is 1.43. The molecule has 112 valence electrons. The Morgan fingerprint density at radius 1 is 1.33 bits per heavy atom. The summed E-state index contributed by atoms with van der Waals surface area (Å²) in [6, 6.07) is 6.71. The zero-order valence-electron chi connectivity index (χ0n) is 12.2. The van der Waals surface area contributed by atoms with Gasteiger partial charge in [0, 0.05) is 19.1 Å². The van der Waals surface area contributed by atoms with Crippen LogP contribution in [0, 0.1) is 11.3 Å². The number of β-amino-alcohol motifs (C(OH)–C–C–N with tert-alkyl or cyclic N) is 1. The zero-order chi connectivity index (χ0) is 14.9. The first-order valence-corrected chi connectivity index (χ1v) is 7.68. The molecule has 1 aliphatic carbocycles. The molecule has 0 amide bonds. The molecule has 1 atom stereocenters. The molecule has 5 nitrogen and oxygen atoms in total. The summed E-state index contributed by atoms with van der Waals surface area (Å²) >= 11 is 0. The molecule has 1 saturated heterocycles. The van der Waals surface area contributed by atoms with Crippen LogP contribution in [0.15, 0.2) is 18.3 Å². The Kier molecular flexibility index (Phi) is 3.83. The second kappa shape index (κ2) is 5.63. The average molecular weight is 286 g/mol. The van der Waals surface area contributed by atoms with Crippen LogP contribution in [0.1, 0.15) is 37.8 Å². The first-order chi connectivity index (χ1) is 10.1. The van der Waals surface area contributed by atoms with E-state index in [0.29, 0.717) is 11.7 Å². The average Bonchev–Trinajstić information content (AvgIpc) is 2.95. The molecule has 0 aromatic carbocycles. The molecule has 2 heterocycles. The van der Waals surface area contributed by atoms with Gasteiger partial charge in [0.1, 0.15) is 0 Å². The van der Waals surface area contributed by atoms with E-state index in [9.17, 15) is 10.4 Å². The van der Waals surface area contributed by atoms with Crippen molar-refractivity contribution >= 4 is 5.69 Å². The van der Waals surface area contributed by atoms with E-state index in [1.807, 2.05) is 12.1 Å². The number of hydrogen-bond acceptors (Lipinski definition) is 5. The number of nitrogens with zero attached hydrogens (tertiary/aromatic N) is 3. The maximum absolute atomic E-state index is 9.68. The lowest BCUT2D eigenvalue weighted by Gasteiger charge is -2.38. The molecule has 0 bridgehead atoms. The number of aliphatic hydroxyl groups excluding tert-OH is 1. The van der Waals surface area contributed by atoms with Gasteiger partial charge in [-0.25, -0.2) is 0 Å². The number of aromatic nitrogens is 1. The largest absolute Gasteiger partial charge is 0.397 e. The Bertz CT molecular complexity index is 528. The lowest BCUT2D eigenvalue weighted by molar-refractivity contribution is 0.130. The van der Waals surface area contributed by atoms with Crippen molar-refractivity contribution in [3.8, 4) is 6.07 Å². The predicted molar refractivity (Wildman–Crippen MR) is 80.4 cm³/mol. The van der Waals surface area contributed by atoms with Crippen LogP contribution in [0.2, 0.25) is 0 Å². The highest BCUT2D eigenvalue weighted by molar-refractivity contribution is 5.38. The van der Waals surface area contributed by atoms with Gasteiger partial charge in [0.15, 0.2) is 0 Å². The minimum absolute atomic E-state index is 0.175. The molecule has 3 rings (SSSR count). The first-order valence-electron chi connectivity index (χ1n) is 7.68. The molecule has 5 heteroatoms. The monoisotopic (exact) mass is 286 g/mol. The lowest BCUT2D eigenvalue weighted by atomic mass is 9.71. The van der Waals surface area contributed by atoms with E-state index in [4.69, 9.17) is 5.73 Å². The molecule has 1 aromatic rings. The summed E-state index contributed by atoms with van der Waals surface area (Å²) < 4.78 is 0. The Labute approximate surface area is 125 Å². The number of anilines is 1. The fraction of sp³-hybridized carbons (Fsp3) is 0.625. The molecule has 21 heavy (non-hydrogen) atoms. The van der Waals surface area contributed by atoms with Crippen molar-refractivity contribution in [1.29, 1.82) is 5.26 Å². The van der Waals surface area contributed by atoms with Crippen LogP contribution >= 0.6 is 0 Å². The highest BCUT2D eigenvalue weighted by atomic mass is 16.3.